The molecule has 4 nitrogen and oxygen atoms in total. The number of carboxylic acids is 1. The van der Waals surface area contributed by atoms with E-state index in [0.717, 1.165) is 52.4 Å². The number of thioether (sulfide) groups is 1. The van der Waals surface area contributed by atoms with Crippen molar-refractivity contribution in [1.82, 2.24) is 4.98 Å². The Bertz CT molecular complexity index is 1050. The molecule has 0 fully saturated rings. The number of nitriles is 1. The van der Waals surface area contributed by atoms with Crippen LogP contribution in [-0.4, -0.2) is 11.0 Å². The molecule has 0 saturated carbocycles. The lowest BCUT2D eigenvalue weighted by molar-refractivity contribution is -0.255. The number of carboxylic acid groups (broad SMARTS) is 1. The van der Waals surface area contributed by atoms with Gasteiger partial charge in [-0.15, -0.1) is 23.1 Å². The lowest BCUT2D eigenvalue weighted by Gasteiger charge is -2.21. The lowest BCUT2D eigenvalue weighted by atomic mass is 9.89. The van der Waals surface area contributed by atoms with Crippen LogP contribution >= 0.6 is 23.1 Å². The minimum absolute atomic E-state index is 0.165. The van der Waals surface area contributed by atoms with Crippen molar-refractivity contribution in [2.24, 2.45) is 0 Å². The smallest absolute Gasteiger partial charge is 0.115 e. The number of carbonyl (C=O) groups is 1. The van der Waals surface area contributed by atoms with Crippen LogP contribution < -0.4 is 5.11 Å². The highest BCUT2D eigenvalue weighted by atomic mass is 32.2. The molecule has 2 heterocycles. The van der Waals surface area contributed by atoms with E-state index in [1.54, 1.807) is 35.6 Å². The van der Waals surface area contributed by atoms with Gasteiger partial charge in [-0.3, -0.25) is 0 Å². The van der Waals surface area contributed by atoms with Gasteiger partial charge < -0.3 is 9.90 Å². The average molecular weight is 406 g/mol. The quantitative estimate of drug-likeness (QED) is 0.594. The molecule has 28 heavy (non-hydrogen) atoms. The molecule has 0 N–H and O–H groups in total. The molecule has 3 aromatic rings. The standard InChI is InChI=1S/C22H18N2O2S2/c23-12-17-20(19-6-3-11-27-19)16-4-1-2-5-18(16)24-21(17)28-13-14-7-9-15(10-8-14)22(25)26/h3,6-11H,1-2,4-5,13H2,(H,25,26)/p-1. The van der Waals surface area contributed by atoms with Crippen molar-refractivity contribution < 1.29 is 9.90 Å². The summed E-state index contributed by atoms with van der Waals surface area (Å²) in [5.74, 6) is -0.555. The molecule has 0 aliphatic heterocycles. The van der Waals surface area contributed by atoms with Gasteiger partial charge in [0.25, 0.3) is 0 Å². The maximum atomic E-state index is 10.9. The predicted molar refractivity (Wildman–Crippen MR) is 109 cm³/mol. The molecule has 2 aromatic heterocycles. The number of hydrogen-bond acceptors (Lipinski definition) is 6. The molecule has 0 atom stereocenters. The number of aryl methyl sites for hydroxylation is 1. The van der Waals surface area contributed by atoms with Crippen molar-refractivity contribution in [2.75, 3.05) is 0 Å². The number of aromatic nitrogens is 1. The number of thiophene rings is 1. The second-order valence-corrected chi connectivity index (χ2v) is 8.57. The Morgan fingerprint density at radius 3 is 2.68 bits per heavy atom. The molecule has 0 spiro atoms. The molecule has 4 rings (SSSR count). The molecular formula is C22H17N2O2S2-. The van der Waals surface area contributed by atoms with Crippen LogP contribution in [0.1, 0.15) is 45.6 Å². The number of pyridine rings is 1. The van der Waals surface area contributed by atoms with E-state index in [1.807, 2.05) is 11.4 Å². The van der Waals surface area contributed by atoms with Crippen LogP contribution in [0.25, 0.3) is 10.4 Å². The van der Waals surface area contributed by atoms with E-state index in [4.69, 9.17) is 4.98 Å². The highest BCUT2D eigenvalue weighted by Gasteiger charge is 2.23. The summed E-state index contributed by atoms with van der Waals surface area (Å²) in [7, 11) is 0. The van der Waals surface area contributed by atoms with Crippen molar-refractivity contribution in [2.45, 2.75) is 36.5 Å². The van der Waals surface area contributed by atoms with Gasteiger partial charge in [0.2, 0.25) is 0 Å². The van der Waals surface area contributed by atoms with E-state index in [0.29, 0.717) is 11.3 Å². The van der Waals surface area contributed by atoms with Gasteiger partial charge in [-0.2, -0.15) is 5.26 Å². The van der Waals surface area contributed by atoms with Crippen LogP contribution in [-0.2, 0) is 18.6 Å². The summed E-state index contributed by atoms with van der Waals surface area (Å²) in [4.78, 5) is 16.9. The van der Waals surface area contributed by atoms with Gasteiger partial charge in [0.1, 0.15) is 11.1 Å². The van der Waals surface area contributed by atoms with E-state index >= 15 is 0 Å². The number of benzene rings is 1. The van der Waals surface area contributed by atoms with Gasteiger partial charge in [-0.25, -0.2) is 4.98 Å². The number of carbonyl (C=O) groups excluding carboxylic acids is 1. The van der Waals surface area contributed by atoms with Crippen LogP contribution in [0, 0.1) is 11.3 Å². The minimum atomic E-state index is -1.18. The summed E-state index contributed by atoms with van der Waals surface area (Å²) in [5.41, 5.74) is 5.20. The topological polar surface area (TPSA) is 76.8 Å². The summed E-state index contributed by atoms with van der Waals surface area (Å²) in [5, 5.41) is 23.6. The number of nitrogens with zero attached hydrogens (tertiary/aromatic N) is 2. The van der Waals surface area contributed by atoms with Crippen LogP contribution in [0.2, 0.25) is 0 Å². The second-order valence-electron chi connectivity index (χ2n) is 6.66. The predicted octanol–water partition coefficient (Wildman–Crippen LogP) is 4.22. The third kappa shape index (κ3) is 3.68. The van der Waals surface area contributed by atoms with E-state index < -0.39 is 5.97 Å². The van der Waals surface area contributed by atoms with Gasteiger partial charge in [0.15, 0.2) is 0 Å². The highest BCUT2D eigenvalue weighted by Crippen LogP contribution is 2.40. The van der Waals surface area contributed by atoms with Crippen molar-refractivity contribution in [3.05, 3.63) is 69.7 Å². The summed E-state index contributed by atoms with van der Waals surface area (Å²) in [6, 6.07) is 13.1. The van der Waals surface area contributed by atoms with Crippen LogP contribution in [0.5, 0.6) is 0 Å². The zero-order chi connectivity index (χ0) is 19.5. The molecule has 1 aliphatic rings. The first-order chi connectivity index (χ1) is 13.7. The Kier molecular flexibility index (Phi) is 5.47. The van der Waals surface area contributed by atoms with Crippen molar-refractivity contribution in [3.8, 4) is 16.5 Å². The molecule has 0 saturated heterocycles. The van der Waals surface area contributed by atoms with Crippen molar-refractivity contribution >= 4 is 29.1 Å². The van der Waals surface area contributed by atoms with Crippen LogP contribution in [0.4, 0.5) is 0 Å². The molecule has 0 amide bonds. The molecular weight excluding hydrogens is 388 g/mol. The molecule has 6 heteroatoms. The Morgan fingerprint density at radius 2 is 2.00 bits per heavy atom. The Balaban J connectivity index is 1.70. The first kappa shape index (κ1) is 18.7. The fourth-order valence-corrected chi connectivity index (χ4v) is 5.27. The van der Waals surface area contributed by atoms with E-state index in [2.05, 4.69) is 12.1 Å². The number of aromatic carboxylic acids is 1. The van der Waals surface area contributed by atoms with Gasteiger partial charge in [-0.1, -0.05) is 30.3 Å². The third-order valence-corrected chi connectivity index (χ3v) is 6.82. The zero-order valence-electron chi connectivity index (χ0n) is 15.1. The number of fused-ring (bicyclic) bond motifs is 1. The molecule has 140 valence electrons. The Hall–Kier alpha value is -2.62. The molecule has 0 bridgehead atoms. The average Bonchev–Trinajstić information content (AvgIpc) is 3.25. The van der Waals surface area contributed by atoms with Gasteiger partial charge in [-0.05, 0) is 53.8 Å². The van der Waals surface area contributed by atoms with E-state index in [9.17, 15) is 15.2 Å². The summed E-state index contributed by atoms with van der Waals surface area (Å²) in [6.45, 7) is 0. The number of rotatable bonds is 5. The fraction of sp³-hybridized carbons (Fsp3) is 0.227. The highest BCUT2D eigenvalue weighted by molar-refractivity contribution is 7.98. The normalized spacial score (nSPS) is 13.0. The van der Waals surface area contributed by atoms with Gasteiger partial charge in [0.05, 0.1) is 11.5 Å². The fourth-order valence-electron chi connectivity index (χ4n) is 3.51. The molecule has 1 aromatic carbocycles. The summed E-state index contributed by atoms with van der Waals surface area (Å²) >= 11 is 3.19. The minimum Gasteiger partial charge on any atom is -0.545 e. The zero-order valence-corrected chi connectivity index (χ0v) is 16.7. The molecule has 0 radical (unpaired) electrons. The maximum Gasteiger partial charge on any atom is 0.115 e. The summed E-state index contributed by atoms with van der Waals surface area (Å²) in [6.07, 6.45) is 4.19. The third-order valence-electron chi connectivity index (χ3n) is 4.89. The van der Waals surface area contributed by atoms with Crippen molar-refractivity contribution in [3.63, 3.8) is 0 Å². The molecule has 1 aliphatic carbocycles. The first-order valence-corrected chi connectivity index (χ1v) is 11.0. The van der Waals surface area contributed by atoms with Crippen LogP contribution in [0.3, 0.4) is 0 Å². The van der Waals surface area contributed by atoms with Gasteiger partial charge >= 0.3 is 0 Å². The maximum absolute atomic E-state index is 10.9. The van der Waals surface area contributed by atoms with Gasteiger partial charge in [0, 0.05) is 21.9 Å². The SMILES string of the molecule is N#Cc1c(SCc2ccc(C(=O)[O-])cc2)nc2c(c1-c1cccs1)CCCC2. The number of hydrogen-bond donors (Lipinski definition) is 0. The largest absolute Gasteiger partial charge is 0.545 e. The molecule has 0 unspecified atom stereocenters. The van der Waals surface area contributed by atoms with E-state index in [1.165, 1.54) is 17.3 Å². The Morgan fingerprint density at radius 1 is 1.21 bits per heavy atom. The van der Waals surface area contributed by atoms with Crippen molar-refractivity contribution in [1.29, 1.82) is 5.26 Å². The van der Waals surface area contributed by atoms with E-state index in [-0.39, 0.29) is 5.56 Å². The van der Waals surface area contributed by atoms with Crippen LogP contribution in [0.15, 0.2) is 46.8 Å². The Labute approximate surface area is 171 Å². The second kappa shape index (κ2) is 8.17. The first-order valence-electron chi connectivity index (χ1n) is 9.10. The monoisotopic (exact) mass is 405 g/mol. The lowest BCUT2D eigenvalue weighted by Crippen LogP contribution is -2.21. The summed E-state index contributed by atoms with van der Waals surface area (Å²) < 4.78 is 0.